The Morgan fingerprint density at radius 3 is 2.72 bits per heavy atom. The largest absolute Gasteiger partial charge is 0.314 e. The van der Waals surface area contributed by atoms with Crippen LogP contribution in [0.3, 0.4) is 0 Å². The lowest BCUT2D eigenvalue weighted by atomic mass is 10.00. The second-order valence-electron chi connectivity index (χ2n) is 4.79. The highest BCUT2D eigenvalue weighted by Gasteiger charge is 2.29. The van der Waals surface area contributed by atoms with Gasteiger partial charge in [-0.05, 0) is 18.1 Å². The van der Waals surface area contributed by atoms with Gasteiger partial charge >= 0.3 is 0 Å². The third-order valence-electron chi connectivity index (χ3n) is 3.45. The van der Waals surface area contributed by atoms with Crippen molar-refractivity contribution < 1.29 is 4.79 Å². The van der Waals surface area contributed by atoms with Gasteiger partial charge in [-0.15, -0.1) is 11.3 Å². The summed E-state index contributed by atoms with van der Waals surface area (Å²) in [5.41, 5.74) is 2.31. The van der Waals surface area contributed by atoms with Gasteiger partial charge in [0.15, 0.2) is 0 Å². The van der Waals surface area contributed by atoms with Crippen LogP contribution in [0.1, 0.15) is 11.8 Å². The molecule has 0 aliphatic carbocycles. The Kier molecular flexibility index (Phi) is 2.71. The highest BCUT2D eigenvalue weighted by Crippen LogP contribution is 2.40. The Labute approximate surface area is 111 Å². The third-order valence-corrected chi connectivity index (χ3v) is 4.65. The molecule has 1 aliphatic heterocycles. The van der Waals surface area contributed by atoms with Crippen molar-refractivity contribution in [1.82, 2.24) is 0 Å². The first kappa shape index (κ1) is 11.5. The van der Waals surface area contributed by atoms with E-state index in [2.05, 4.69) is 18.2 Å². The molecule has 1 aromatic heterocycles. The molecular weight excluding hydrogens is 242 g/mol. The molecule has 3 rings (SSSR count). The average molecular weight is 257 g/mol. The highest BCUT2D eigenvalue weighted by molar-refractivity contribution is 7.16. The number of amides is 1. The number of hydrogen-bond acceptors (Lipinski definition) is 2. The van der Waals surface area contributed by atoms with Crippen molar-refractivity contribution in [3.8, 4) is 10.4 Å². The summed E-state index contributed by atoms with van der Waals surface area (Å²) in [6, 6.07) is 12.5. The fraction of sp³-hybridized carbons (Fsp3) is 0.267. The Morgan fingerprint density at radius 1 is 1.28 bits per heavy atom. The van der Waals surface area contributed by atoms with E-state index in [9.17, 15) is 4.79 Å². The molecule has 92 valence electrons. The molecular formula is C15H15NOS. The van der Waals surface area contributed by atoms with Crippen LogP contribution in [0, 0.1) is 5.92 Å². The summed E-state index contributed by atoms with van der Waals surface area (Å²) < 4.78 is 0. The molecule has 0 radical (unpaired) electrons. The van der Waals surface area contributed by atoms with Gasteiger partial charge in [0, 0.05) is 22.7 Å². The predicted molar refractivity (Wildman–Crippen MR) is 76.0 cm³/mol. The van der Waals surface area contributed by atoms with Gasteiger partial charge in [0.1, 0.15) is 0 Å². The molecule has 0 N–H and O–H groups in total. The number of carbonyl (C=O) groups excluding carboxylic acids is 1. The van der Waals surface area contributed by atoms with Crippen molar-refractivity contribution in [2.75, 3.05) is 11.9 Å². The first-order chi connectivity index (χ1) is 8.66. The van der Waals surface area contributed by atoms with Gasteiger partial charge in [-0.1, -0.05) is 37.3 Å². The monoisotopic (exact) mass is 257 g/mol. The van der Waals surface area contributed by atoms with Crippen molar-refractivity contribution in [1.29, 1.82) is 0 Å². The lowest BCUT2D eigenvalue weighted by molar-refractivity contribution is -0.121. The Morgan fingerprint density at radius 2 is 2.00 bits per heavy atom. The average Bonchev–Trinajstić information content (AvgIpc) is 2.81. The maximum absolute atomic E-state index is 12.0. The number of rotatable bonds is 1. The Bertz CT molecular complexity index is 588. The van der Waals surface area contributed by atoms with Crippen LogP contribution in [0.5, 0.6) is 0 Å². The number of nitrogens with zero attached hydrogens (tertiary/aromatic N) is 1. The van der Waals surface area contributed by atoms with Gasteiger partial charge in [-0.3, -0.25) is 4.79 Å². The number of anilines is 1. The molecule has 3 heteroatoms. The van der Waals surface area contributed by atoms with Crippen LogP contribution in [0.15, 0.2) is 36.4 Å². The zero-order chi connectivity index (χ0) is 12.7. The summed E-state index contributed by atoms with van der Waals surface area (Å²) in [5.74, 6) is 0.324. The minimum Gasteiger partial charge on any atom is -0.314 e. The van der Waals surface area contributed by atoms with E-state index >= 15 is 0 Å². The molecule has 1 aliphatic rings. The summed E-state index contributed by atoms with van der Waals surface area (Å²) in [6.07, 6.45) is 0.871. The Hall–Kier alpha value is -1.61. The van der Waals surface area contributed by atoms with Crippen molar-refractivity contribution in [2.45, 2.75) is 13.3 Å². The maximum atomic E-state index is 12.0. The normalized spacial score (nSPS) is 18.9. The smallest absolute Gasteiger partial charge is 0.229 e. The fourth-order valence-corrected chi connectivity index (χ4v) is 3.73. The quantitative estimate of drug-likeness (QED) is 0.764. The van der Waals surface area contributed by atoms with Gasteiger partial charge in [0.05, 0.1) is 5.69 Å². The van der Waals surface area contributed by atoms with E-state index in [0.29, 0.717) is 0 Å². The molecule has 1 amide bonds. The topological polar surface area (TPSA) is 20.3 Å². The number of thiophene rings is 1. The first-order valence-electron chi connectivity index (χ1n) is 6.12. The second kappa shape index (κ2) is 4.25. The van der Waals surface area contributed by atoms with E-state index in [1.54, 1.807) is 16.2 Å². The van der Waals surface area contributed by atoms with E-state index in [1.807, 2.05) is 32.2 Å². The second-order valence-corrected chi connectivity index (χ2v) is 5.92. The zero-order valence-electron chi connectivity index (χ0n) is 10.5. The van der Waals surface area contributed by atoms with Crippen molar-refractivity contribution in [2.24, 2.45) is 5.92 Å². The van der Waals surface area contributed by atoms with Crippen LogP contribution < -0.4 is 4.90 Å². The SMILES string of the molecule is CC1Cc2sc(-c3ccccc3)cc2N(C)C1=O. The lowest BCUT2D eigenvalue weighted by Crippen LogP contribution is -2.36. The van der Waals surface area contributed by atoms with E-state index in [4.69, 9.17) is 0 Å². The molecule has 0 fully saturated rings. The number of carbonyl (C=O) groups is 1. The van der Waals surface area contributed by atoms with Gasteiger partial charge in [0.2, 0.25) is 5.91 Å². The molecule has 2 aromatic rings. The van der Waals surface area contributed by atoms with Gasteiger partial charge < -0.3 is 4.90 Å². The number of fused-ring (bicyclic) bond motifs is 1. The third kappa shape index (κ3) is 1.75. The van der Waals surface area contributed by atoms with Crippen molar-refractivity contribution >= 4 is 22.9 Å². The summed E-state index contributed by atoms with van der Waals surface area (Å²) in [5, 5.41) is 0. The van der Waals surface area contributed by atoms with Crippen LogP contribution in [-0.2, 0) is 11.2 Å². The molecule has 0 bridgehead atoms. The first-order valence-corrected chi connectivity index (χ1v) is 6.94. The maximum Gasteiger partial charge on any atom is 0.229 e. The molecule has 1 atom stereocenters. The minimum atomic E-state index is 0.102. The standard InChI is InChI=1S/C15H15NOS/c1-10-8-14-12(16(2)15(10)17)9-13(18-14)11-6-4-3-5-7-11/h3-7,9-10H,8H2,1-2H3. The number of hydrogen-bond donors (Lipinski definition) is 0. The molecule has 2 nitrogen and oxygen atoms in total. The van der Waals surface area contributed by atoms with E-state index in [1.165, 1.54) is 15.3 Å². The highest BCUT2D eigenvalue weighted by atomic mass is 32.1. The summed E-state index contributed by atoms with van der Waals surface area (Å²) in [4.78, 5) is 16.3. The van der Waals surface area contributed by atoms with Crippen molar-refractivity contribution in [3.63, 3.8) is 0 Å². The van der Waals surface area contributed by atoms with Crippen LogP contribution in [0.25, 0.3) is 10.4 Å². The molecule has 1 unspecified atom stereocenters. The summed E-state index contributed by atoms with van der Waals surface area (Å²) >= 11 is 1.80. The molecule has 0 saturated heterocycles. The zero-order valence-corrected chi connectivity index (χ0v) is 11.3. The van der Waals surface area contributed by atoms with Crippen LogP contribution in [0.2, 0.25) is 0 Å². The number of benzene rings is 1. The van der Waals surface area contributed by atoms with Crippen LogP contribution in [0.4, 0.5) is 5.69 Å². The molecule has 1 aromatic carbocycles. The molecule has 0 saturated carbocycles. The van der Waals surface area contributed by atoms with E-state index in [-0.39, 0.29) is 11.8 Å². The molecule has 18 heavy (non-hydrogen) atoms. The summed E-state index contributed by atoms with van der Waals surface area (Å²) in [6.45, 7) is 2.00. The predicted octanol–water partition coefficient (Wildman–Crippen LogP) is 3.57. The Balaban J connectivity index is 2.06. The minimum absolute atomic E-state index is 0.102. The van der Waals surface area contributed by atoms with Crippen LogP contribution >= 0.6 is 11.3 Å². The van der Waals surface area contributed by atoms with Gasteiger partial charge in [-0.25, -0.2) is 0 Å². The molecule has 2 heterocycles. The molecule has 0 spiro atoms. The van der Waals surface area contributed by atoms with Gasteiger partial charge in [0.25, 0.3) is 0 Å². The van der Waals surface area contributed by atoms with Crippen LogP contribution in [-0.4, -0.2) is 13.0 Å². The fourth-order valence-electron chi connectivity index (χ4n) is 2.41. The van der Waals surface area contributed by atoms with E-state index in [0.717, 1.165) is 12.1 Å². The van der Waals surface area contributed by atoms with E-state index < -0.39 is 0 Å². The van der Waals surface area contributed by atoms with Gasteiger partial charge in [-0.2, -0.15) is 0 Å². The summed E-state index contributed by atoms with van der Waals surface area (Å²) in [7, 11) is 1.87. The van der Waals surface area contributed by atoms with Crippen molar-refractivity contribution in [3.05, 3.63) is 41.3 Å². The lowest BCUT2D eigenvalue weighted by Gasteiger charge is -2.26.